The van der Waals surface area contributed by atoms with Crippen molar-refractivity contribution in [2.24, 2.45) is 10.7 Å². The predicted octanol–water partition coefficient (Wildman–Crippen LogP) is 3.29. The smallest absolute Gasteiger partial charge is 0.180 e. The second-order valence-electron chi connectivity index (χ2n) is 6.39. The summed E-state index contributed by atoms with van der Waals surface area (Å²) in [5, 5.41) is -0.495. The first-order chi connectivity index (χ1) is 12.4. The predicted molar refractivity (Wildman–Crippen MR) is 106 cm³/mol. The molecule has 0 radical (unpaired) electrons. The first-order valence-electron chi connectivity index (χ1n) is 8.17. The van der Waals surface area contributed by atoms with Gasteiger partial charge in [-0.2, -0.15) is 0 Å². The van der Waals surface area contributed by atoms with Crippen LogP contribution in [0.1, 0.15) is 19.4 Å². The molecule has 8 heteroatoms. The molecule has 0 saturated heterocycles. The molecule has 4 rings (SSSR count). The van der Waals surface area contributed by atoms with Gasteiger partial charge in [0.15, 0.2) is 9.84 Å². The van der Waals surface area contributed by atoms with Crippen LogP contribution >= 0.6 is 11.3 Å². The summed E-state index contributed by atoms with van der Waals surface area (Å²) in [4.78, 5) is 11.0. The van der Waals surface area contributed by atoms with Crippen molar-refractivity contribution in [1.82, 2.24) is 4.98 Å². The number of hydrogen-bond donors (Lipinski definition) is 1. The number of benzene rings is 2. The molecule has 26 heavy (non-hydrogen) atoms. The number of aliphatic imine (C=N–C) groups is 1. The lowest BCUT2D eigenvalue weighted by molar-refractivity contribution is 0.587. The van der Waals surface area contributed by atoms with Crippen LogP contribution in [0, 0.1) is 0 Å². The zero-order valence-corrected chi connectivity index (χ0v) is 16.0. The number of fused-ring (bicyclic) bond motifs is 2. The number of amidine groups is 1. The van der Waals surface area contributed by atoms with E-state index in [1.54, 1.807) is 43.4 Å². The number of hydrogen-bond acceptors (Lipinski definition) is 7. The van der Waals surface area contributed by atoms with Crippen LogP contribution in [0.25, 0.3) is 10.2 Å². The van der Waals surface area contributed by atoms with Crippen molar-refractivity contribution >= 4 is 48.6 Å². The van der Waals surface area contributed by atoms with Gasteiger partial charge >= 0.3 is 0 Å². The SMILES string of the molecule is CC(C)S(=O)(=O)c1ccc2c(c1)C(N)=NCN2c1ccc2scnc2c1. The molecule has 0 amide bonds. The molecule has 0 bridgehead atoms. The Labute approximate surface area is 155 Å². The maximum atomic E-state index is 12.5. The van der Waals surface area contributed by atoms with Gasteiger partial charge in [0.2, 0.25) is 0 Å². The minimum atomic E-state index is -3.37. The standard InChI is InChI=1S/C18H18N4O2S2/c1-11(2)26(23,24)13-4-5-16-14(8-13)18(19)20-9-22(16)12-3-6-17-15(7-12)21-10-25-17/h3-8,10-11H,9H2,1-2H3,(H2,19,20). The lowest BCUT2D eigenvalue weighted by Gasteiger charge is -2.29. The Morgan fingerprint density at radius 1 is 1.19 bits per heavy atom. The highest BCUT2D eigenvalue weighted by atomic mass is 32.2. The Balaban J connectivity index is 1.83. The average Bonchev–Trinajstić information content (AvgIpc) is 3.09. The van der Waals surface area contributed by atoms with E-state index in [4.69, 9.17) is 5.73 Å². The van der Waals surface area contributed by atoms with Crippen molar-refractivity contribution in [3.05, 3.63) is 47.5 Å². The Morgan fingerprint density at radius 2 is 2.00 bits per heavy atom. The first kappa shape index (κ1) is 17.0. The van der Waals surface area contributed by atoms with Gasteiger partial charge in [-0.05, 0) is 50.2 Å². The Bertz CT molecular complexity index is 1130. The van der Waals surface area contributed by atoms with E-state index in [0.29, 0.717) is 18.1 Å². The summed E-state index contributed by atoms with van der Waals surface area (Å²) < 4.78 is 26.1. The molecule has 1 aliphatic heterocycles. The first-order valence-corrected chi connectivity index (χ1v) is 10.6. The highest BCUT2D eigenvalue weighted by molar-refractivity contribution is 7.92. The second kappa shape index (κ2) is 6.07. The van der Waals surface area contributed by atoms with E-state index in [1.807, 2.05) is 28.6 Å². The third-order valence-corrected chi connectivity index (χ3v) is 7.45. The number of sulfone groups is 1. The second-order valence-corrected chi connectivity index (χ2v) is 9.78. The van der Waals surface area contributed by atoms with Crippen molar-refractivity contribution in [2.75, 3.05) is 11.6 Å². The molecule has 0 aliphatic carbocycles. The van der Waals surface area contributed by atoms with Crippen molar-refractivity contribution in [3.63, 3.8) is 0 Å². The highest BCUT2D eigenvalue weighted by Gasteiger charge is 2.25. The molecule has 0 fully saturated rings. The summed E-state index contributed by atoms with van der Waals surface area (Å²) in [6, 6.07) is 11.1. The summed E-state index contributed by atoms with van der Waals surface area (Å²) in [6.07, 6.45) is 0. The number of rotatable bonds is 3. The van der Waals surface area contributed by atoms with Crippen molar-refractivity contribution < 1.29 is 8.42 Å². The number of nitrogens with zero attached hydrogens (tertiary/aromatic N) is 3. The van der Waals surface area contributed by atoms with Gasteiger partial charge in [-0.25, -0.2) is 18.4 Å². The Hall–Kier alpha value is -2.45. The summed E-state index contributed by atoms with van der Waals surface area (Å²) in [5.41, 5.74) is 11.2. The van der Waals surface area contributed by atoms with E-state index in [-0.39, 0.29) is 4.90 Å². The molecule has 1 aliphatic rings. The van der Waals surface area contributed by atoms with Gasteiger partial charge in [-0.15, -0.1) is 11.3 Å². The van der Waals surface area contributed by atoms with Gasteiger partial charge < -0.3 is 10.6 Å². The molecule has 0 spiro atoms. The maximum Gasteiger partial charge on any atom is 0.180 e. The molecule has 3 aromatic rings. The monoisotopic (exact) mass is 386 g/mol. The van der Waals surface area contributed by atoms with Crippen LogP contribution < -0.4 is 10.6 Å². The minimum absolute atomic E-state index is 0.265. The largest absolute Gasteiger partial charge is 0.383 e. The topological polar surface area (TPSA) is 88.6 Å². The van der Waals surface area contributed by atoms with Gasteiger partial charge in [0, 0.05) is 11.3 Å². The van der Waals surface area contributed by atoms with Crippen LogP contribution in [-0.2, 0) is 9.84 Å². The zero-order chi connectivity index (χ0) is 18.5. The van der Waals surface area contributed by atoms with Gasteiger partial charge in [0.05, 0.1) is 31.6 Å². The van der Waals surface area contributed by atoms with Gasteiger partial charge in [-0.3, -0.25) is 0 Å². The Kier molecular flexibility index (Phi) is 3.96. The molecule has 1 aromatic heterocycles. The van der Waals surface area contributed by atoms with E-state index < -0.39 is 15.1 Å². The van der Waals surface area contributed by atoms with Crippen LogP contribution in [0.3, 0.4) is 0 Å². The molecule has 0 saturated carbocycles. The van der Waals surface area contributed by atoms with Gasteiger partial charge in [0.25, 0.3) is 0 Å². The van der Waals surface area contributed by atoms with E-state index in [1.165, 1.54) is 0 Å². The molecular weight excluding hydrogens is 368 g/mol. The van der Waals surface area contributed by atoms with Crippen molar-refractivity contribution in [1.29, 1.82) is 0 Å². The van der Waals surface area contributed by atoms with Crippen LogP contribution in [0.4, 0.5) is 11.4 Å². The maximum absolute atomic E-state index is 12.5. The van der Waals surface area contributed by atoms with Crippen LogP contribution in [0.15, 0.2) is 51.8 Å². The number of anilines is 2. The fourth-order valence-electron chi connectivity index (χ4n) is 2.95. The highest BCUT2D eigenvalue weighted by Crippen LogP contribution is 2.35. The summed E-state index contributed by atoms with van der Waals surface area (Å²) in [7, 11) is -3.37. The number of thiazole rings is 1. The molecule has 2 N–H and O–H groups in total. The normalized spacial score (nSPS) is 14.6. The zero-order valence-electron chi connectivity index (χ0n) is 14.4. The van der Waals surface area contributed by atoms with E-state index in [2.05, 4.69) is 9.98 Å². The van der Waals surface area contributed by atoms with E-state index in [9.17, 15) is 8.42 Å². The van der Waals surface area contributed by atoms with E-state index >= 15 is 0 Å². The van der Waals surface area contributed by atoms with Crippen LogP contribution in [0.5, 0.6) is 0 Å². The quantitative estimate of drug-likeness (QED) is 0.746. The Morgan fingerprint density at radius 3 is 2.77 bits per heavy atom. The molecule has 0 atom stereocenters. The molecule has 134 valence electrons. The van der Waals surface area contributed by atoms with Gasteiger partial charge in [0.1, 0.15) is 12.5 Å². The number of aromatic nitrogens is 1. The molecule has 6 nitrogen and oxygen atoms in total. The summed E-state index contributed by atoms with van der Waals surface area (Å²) >= 11 is 1.59. The third kappa shape index (κ3) is 2.65. The fourth-order valence-corrected chi connectivity index (χ4v) is 4.69. The summed E-state index contributed by atoms with van der Waals surface area (Å²) in [5.74, 6) is 0.354. The molecule has 2 heterocycles. The molecule has 2 aromatic carbocycles. The lowest BCUT2D eigenvalue weighted by atomic mass is 10.1. The minimum Gasteiger partial charge on any atom is -0.383 e. The van der Waals surface area contributed by atoms with Crippen molar-refractivity contribution in [3.8, 4) is 0 Å². The molecular formula is C18H18N4O2S2. The van der Waals surface area contributed by atoms with Crippen molar-refractivity contribution in [2.45, 2.75) is 24.0 Å². The fraction of sp³-hybridized carbons (Fsp3) is 0.222. The summed E-state index contributed by atoms with van der Waals surface area (Å²) in [6.45, 7) is 3.72. The van der Waals surface area contributed by atoms with E-state index in [0.717, 1.165) is 21.6 Å². The lowest BCUT2D eigenvalue weighted by Crippen LogP contribution is -2.30. The third-order valence-electron chi connectivity index (χ3n) is 4.49. The molecule has 0 unspecified atom stereocenters. The average molecular weight is 387 g/mol. The van der Waals surface area contributed by atoms with Crippen LogP contribution in [0.2, 0.25) is 0 Å². The van der Waals surface area contributed by atoms with Crippen LogP contribution in [-0.4, -0.2) is 31.2 Å². The van der Waals surface area contributed by atoms with Gasteiger partial charge in [-0.1, -0.05) is 0 Å². The number of nitrogens with two attached hydrogens (primary N) is 1.